The van der Waals surface area contributed by atoms with E-state index in [-0.39, 0.29) is 28.8 Å². The molecule has 2 saturated heterocycles. The quantitative estimate of drug-likeness (QED) is 0.603. The van der Waals surface area contributed by atoms with Crippen LogP contribution in [-0.2, 0) is 27.2 Å². The number of thioether (sulfide) groups is 1. The first-order valence-electron chi connectivity index (χ1n) is 10.2. The van der Waals surface area contributed by atoms with Crippen LogP contribution in [0.25, 0.3) is 0 Å². The molecule has 2 aromatic rings. The normalized spacial score (nSPS) is 22.6. The van der Waals surface area contributed by atoms with Crippen LogP contribution in [-0.4, -0.2) is 56.5 Å². The van der Waals surface area contributed by atoms with Crippen LogP contribution in [0.4, 0.5) is 18.9 Å². The van der Waals surface area contributed by atoms with Gasteiger partial charge in [-0.25, -0.2) is 8.42 Å². The Kier molecular flexibility index (Phi) is 6.56. The predicted octanol–water partition coefficient (Wildman–Crippen LogP) is 3.57. The van der Waals surface area contributed by atoms with Crippen molar-refractivity contribution in [3.63, 3.8) is 0 Å². The van der Waals surface area contributed by atoms with Gasteiger partial charge in [0.2, 0.25) is 0 Å². The second kappa shape index (κ2) is 9.14. The van der Waals surface area contributed by atoms with Gasteiger partial charge in [0, 0.05) is 5.25 Å². The molecule has 2 atom stereocenters. The van der Waals surface area contributed by atoms with Gasteiger partial charge in [-0.1, -0.05) is 30.0 Å². The number of halogens is 3. The van der Waals surface area contributed by atoms with Gasteiger partial charge >= 0.3 is 6.18 Å². The lowest BCUT2D eigenvalue weighted by atomic mass is 10.1. The number of benzene rings is 2. The molecular weight excluding hydrogens is 493 g/mol. The molecule has 4 rings (SSSR count). The van der Waals surface area contributed by atoms with Crippen molar-refractivity contribution in [3.8, 4) is 11.5 Å². The van der Waals surface area contributed by atoms with Crippen molar-refractivity contribution < 1.29 is 35.9 Å². The number of nitrogens with zero attached hydrogens (tertiary/aromatic N) is 2. The third-order valence-electron chi connectivity index (χ3n) is 5.56. The molecule has 7 nitrogen and oxygen atoms in total. The number of fused-ring (bicyclic) bond motifs is 1. The predicted molar refractivity (Wildman–Crippen MR) is 123 cm³/mol. The molecule has 0 aromatic heterocycles. The minimum absolute atomic E-state index is 0.0621. The van der Waals surface area contributed by atoms with Gasteiger partial charge in [0.1, 0.15) is 0 Å². The molecule has 0 bridgehead atoms. The summed E-state index contributed by atoms with van der Waals surface area (Å²) < 4.78 is 76.0. The summed E-state index contributed by atoms with van der Waals surface area (Å²) in [5.74, 6) is -0.154. The lowest BCUT2D eigenvalue weighted by Crippen LogP contribution is -2.39. The number of alkyl halides is 3. The van der Waals surface area contributed by atoms with Crippen LogP contribution in [0.1, 0.15) is 11.1 Å². The molecular formula is C22H21F3N2O5S2. The summed E-state index contributed by atoms with van der Waals surface area (Å²) in [5, 5.41) is -0.453. The average Bonchev–Trinajstić information content (AvgIpc) is 3.23. The highest BCUT2D eigenvalue weighted by Gasteiger charge is 2.51. The van der Waals surface area contributed by atoms with Gasteiger partial charge < -0.3 is 14.4 Å². The van der Waals surface area contributed by atoms with E-state index in [2.05, 4.69) is 4.99 Å². The molecule has 2 aliphatic heterocycles. The summed E-state index contributed by atoms with van der Waals surface area (Å²) in [6.45, 7) is 0. The number of methoxy groups -OCH3 is 2. The zero-order chi connectivity index (χ0) is 24.7. The highest BCUT2D eigenvalue weighted by Crippen LogP contribution is 2.45. The average molecular weight is 515 g/mol. The van der Waals surface area contributed by atoms with Crippen LogP contribution < -0.4 is 14.4 Å². The van der Waals surface area contributed by atoms with Gasteiger partial charge in [0.05, 0.1) is 49.4 Å². The zero-order valence-corrected chi connectivity index (χ0v) is 19.8. The summed E-state index contributed by atoms with van der Waals surface area (Å²) in [7, 11) is -0.476. The van der Waals surface area contributed by atoms with Crippen molar-refractivity contribution in [3.05, 3.63) is 53.6 Å². The molecule has 2 aliphatic rings. The number of amidine groups is 1. The molecule has 2 heterocycles. The Labute approximate surface area is 198 Å². The van der Waals surface area contributed by atoms with E-state index in [4.69, 9.17) is 9.47 Å². The first-order chi connectivity index (χ1) is 16.0. The first-order valence-corrected chi connectivity index (χ1v) is 12.9. The fraction of sp³-hybridized carbons (Fsp3) is 0.364. The van der Waals surface area contributed by atoms with E-state index < -0.39 is 38.8 Å². The topological polar surface area (TPSA) is 85.3 Å². The summed E-state index contributed by atoms with van der Waals surface area (Å²) in [4.78, 5) is 18.2. The smallest absolute Gasteiger partial charge is 0.418 e. The monoisotopic (exact) mass is 514 g/mol. The van der Waals surface area contributed by atoms with Crippen LogP contribution in [0.3, 0.4) is 0 Å². The van der Waals surface area contributed by atoms with Crippen LogP contribution >= 0.6 is 11.8 Å². The Bertz CT molecular complexity index is 1250. The molecule has 0 spiro atoms. The number of carbonyl (C=O) groups excluding carboxylic acids is 1. The summed E-state index contributed by atoms with van der Waals surface area (Å²) in [6.07, 6.45) is -4.78. The molecule has 12 heteroatoms. The molecule has 1 amide bonds. The molecule has 2 aromatic carbocycles. The Morgan fingerprint density at radius 3 is 2.50 bits per heavy atom. The van der Waals surface area contributed by atoms with E-state index in [9.17, 15) is 26.4 Å². The first kappa shape index (κ1) is 24.4. The SMILES string of the molecule is COc1ccc(CC(=O)N=C2SC3CS(=O)(=O)CC3N2c2ccccc2C(F)(F)F)cc1OC. The minimum Gasteiger partial charge on any atom is -0.493 e. The fourth-order valence-electron chi connectivity index (χ4n) is 4.08. The number of para-hydroxylation sites is 1. The second-order valence-electron chi connectivity index (χ2n) is 7.84. The Hall–Kier alpha value is -2.73. The zero-order valence-electron chi connectivity index (χ0n) is 18.2. The van der Waals surface area contributed by atoms with E-state index in [1.165, 1.54) is 37.3 Å². The molecule has 2 unspecified atom stereocenters. The molecule has 182 valence electrons. The number of hydrogen-bond acceptors (Lipinski definition) is 6. The van der Waals surface area contributed by atoms with Gasteiger partial charge in [0.25, 0.3) is 5.91 Å². The summed E-state index contributed by atoms with van der Waals surface area (Å²) in [6, 6.07) is 9.08. The fourth-order valence-corrected chi connectivity index (χ4v) is 8.01. The number of aliphatic imine (C=N–C) groups is 1. The molecule has 2 fully saturated rings. The lowest BCUT2D eigenvalue weighted by molar-refractivity contribution is -0.137. The minimum atomic E-state index is -4.66. The third kappa shape index (κ3) is 4.88. The highest BCUT2D eigenvalue weighted by atomic mass is 32.2. The van der Waals surface area contributed by atoms with Crippen molar-refractivity contribution in [1.29, 1.82) is 0 Å². The third-order valence-corrected chi connectivity index (χ3v) is 8.77. The number of anilines is 1. The lowest BCUT2D eigenvalue weighted by Gasteiger charge is -2.27. The summed E-state index contributed by atoms with van der Waals surface area (Å²) >= 11 is 1.02. The van der Waals surface area contributed by atoms with Gasteiger partial charge in [-0.2, -0.15) is 18.2 Å². The van der Waals surface area contributed by atoms with E-state index in [0.717, 1.165) is 17.8 Å². The van der Waals surface area contributed by atoms with Gasteiger partial charge in [-0.15, -0.1) is 0 Å². The van der Waals surface area contributed by atoms with Crippen molar-refractivity contribution >= 4 is 38.4 Å². The Balaban J connectivity index is 1.69. The van der Waals surface area contributed by atoms with Crippen LogP contribution in [0, 0.1) is 0 Å². The van der Waals surface area contributed by atoms with Crippen molar-refractivity contribution in [1.82, 2.24) is 0 Å². The van der Waals surface area contributed by atoms with Gasteiger partial charge in [-0.3, -0.25) is 4.79 Å². The number of ether oxygens (including phenoxy) is 2. The molecule has 0 radical (unpaired) electrons. The van der Waals surface area contributed by atoms with Crippen LogP contribution in [0.15, 0.2) is 47.5 Å². The van der Waals surface area contributed by atoms with Crippen LogP contribution in [0.2, 0.25) is 0 Å². The van der Waals surface area contributed by atoms with Crippen molar-refractivity contribution in [2.45, 2.75) is 23.9 Å². The molecule has 0 aliphatic carbocycles. The van der Waals surface area contributed by atoms with E-state index in [1.807, 2.05) is 0 Å². The maximum absolute atomic E-state index is 13.7. The number of sulfone groups is 1. The van der Waals surface area contributed by atoms with Crippen LogP contribution in [0.5, 0.6) is 11.5 Å². The van der Waals surface area contributed by atoms with Crippen molar-refractivity contribution in [2.24, 2.45) is 4.99 Å². The van der Waals surface area contributed by atoms with Gasteiger partial charge in [0.15, 0.2) is 26.5 Å². The Morgan fingerprint density at radius 1 is 1.12 bits per heavy atom. The number of rotatable bonds is 5. The maximum atomic E-state index is 13.7. The molecule has 34 heavy (non-hydrogen) atoms. The highest BCUT2D eigenvalue weighted by molar-refractivity contribution is 8.16. The summed E-state index contributed by atoms with van der Waals surface area (Å²) in [5.41, 5.74) is -0.551. The standard InChI is InChI=1S/C22H21F3N2O5S2/c1-31-17-8-7-13(9-18(17)32-2)10-20(28)26-21-27(16-11-34(29,30)12-19(16)33-21)15-6-4-3-5-14(15)22(23,24)25/h3-9,16,19H,10-12H2,1-2H3. The Morgan fingerprint density at radius 2 is 1.82 bits per heavy atom. The molecule has 0 saturated carbocycles. The van der Waals surface area contributed by atoms with Gasteiger partial charge in [-0.05, 0) is 29.8 Å². The molecule has 0 N–H and O–H groups in total. The number of hydrogen-bond donors (Lipinski definition) is 0. The van der Waals surface area contributed by atoms with E-state index in [0.29, 0.717) is 17.1 Å². The van der Waals surface area contributed by atoms with Crippen molar-refractivity contribution in [2.75, 3.05) is 30.6 Å². The number of carbonyl (C=O) groups is 1. The van der Waals surface area contributed by atoms with E-state index in [1.54, 1.807) is 18.2 Å². The maximum Gasteiger partial charge on any atom is 0.418 e. The van der Waals surface area contributed by atoms with E-state index >= 15 is 0 Å². The second-order valence-corrected chi connectivity index (χ2v) is 11.2. The number of amides is 1. The largest absolute Gasteiger partial charge is 0.493 e.